The Morgan fingerprint density at radius 1 is 1.07 bits per heavy atom. The van der Waals surface area contributed by atoms with Gasteiger partial charge in [0.1, 0.15) is 11.6 Å². The van der Waals surface area contributed by atoms with E-state index in [4.69, 9.17) is 9.47 Å². The third kappa shape index (κ3) is 5.81. The van der Waals surface area contributed by atoms with Crippen molar-refractivity contribution in [2.24, 2.45) is 0 Å². The number of methoxy groups -OCH3 is 1. The third-order valence-corrected chi connectivity index (χ3v) is 5.36. The molecular formula is C23H26N2O3S. The number of thiazole rings is 1. The number of carbonyl (C=O) groups excluding carboxylic acids is 1. The Labute approximate surface area is 175 Å². The number of hydrogen-bond acceptors (Lipinski definition) is 5. The van der Waals surface area contributed by atoms with Gasteiger partial charge in [-0.2, -0.15) is 0 Å². The Morgan fingerprint density at radius 3 is 2.45 bits per heavy atom. The van der Waals surface area contributed by atoms with Gasteiger partial charge in [0.05, 0.1) is 25.8 Å². The summed E-state index contributed by atoms with van der Waals surface area (Å²) in [6.45, 7) is 4.92. The zero-order valence-corrected chi connectivity index (χ0v) is 17.8. The number of ether oxygens (including phenoxy) is 2. The second-order valence-electron chi connectivity index (χ2n) is 6.95. The van der Waals surface area contributed by atoms with Gasteiger partial charge in [-0.15, -0.1) is 11.3 Å². The van der Waals surface area contributed by atoms with Gasteiger partial charge in [0.15, 0.2) is 11.5 Å². The standard InChI is InChI=1S/C23H26N2O3S/c1-17(2)25(23(26)13-18-9-5-4-6-10-18)14-19-16-29-22(24-19)15-28-21-12-8-7-11-20(21)27-3/h4-12,16-17H,13-15H2,1-3H3. The summed E-state index contributed by atoms with van der Waals surface area (Å²) in [5.41, 5.74) is 1.90. The molecule has 0 saturated carbocycles. The molecule has 0 aliphatic carbocycles. The molecule has 3 rings (SSSR count). The molecule has 0 radical (unpaired) electrons. The molecule has 0 spiro atoms. The Morgan fingerprint density at radius 2 is 1.76 bits per heavy atom. The number of nitrogens with zero attached hydrogens (tertiary/aromatic N) is 2. The van der Waals surface area contributed by atoms with E-state index in [1.165, 1.54) is 11.3 Å². The van der Waals surface area contributed by atoms with E-state index in [1.807, 2.05) is 78.7 Å². The summed E-state index contributed by atoms with van der Waals surface area (Å²) in [6.07, 6.45) is 0.396. The van der Waals surface area contributed by atoms with Gasteiger partial charge < -0.3 is 14.4 Å². The molecule has 3 aromatic rings. The van der Waals surface area contributed by atoms with Crippen molar-refractivity contribution < 1.29 is 14.3 Å². The molecule has 0 unspecified atom stereocenters. The summed E-state index contributed by atoms with van der Waals surface area (Å²) in [5.74, 6) is 1.49. The van der Waals surface area contributed by atoms with E-state index in [1.54, 1.807) is 7.11 Å². The minimum Gasteiger partial charge on any atom is -0.493 e. The van der Waals surface area contributed by atoms with Gasteiger partial charge in [-0.05, 0) is 31.5 Å². The van der Waals surface area contributed by atoms with E-state index < -0.39 is 0 Å². The topological polar surface area (TPSA) is 51.7 Å². The van der Waals surface area contributed by atoms with Crippen LogP contribution in [-0.4, -0.2) is 28.9 Å². The molecule has 29 heavy (non-hydrogen) atoms. The zero-order chi connectivity index (χ0) is 20.6. The molecule has 1 heterocycles. The molecule has 6 heteroatoms. The molecule has 1 amide bonds. The van der Waals surface area contributed by atoms with Gasteiger partial charge in [0.2, 0.25) is 5.91 Å². The number of carbonyl (C=O) groups is 1. The molecule has 0 saturated heterocycles. The number of benzene rings is 2. The number of aromatic nitrogens is 1. The second kappa shape index (κ2) is 10.1. The quantitative estimate of drug-likeness (QED) is 0.513. The highest BCUT2D eigenvalue weighted by Crippen LogP contribution is 2.27. The monoisotopic (exact) mass is 410 g/mol. The predicted octanol–water partition coefficient (Wildman–Crippen LogP) is 4.71. The maximum atomic E-state index is 12.8. The van der Waals surface area contributed by atoms with Crippen molar-refractivity contribution in [1.29, 1.82) is 0 Å². The Balaban J connectivity index is 1.61. The van der Waals surface area contributed by atoms with E-state index >= 15 is 0 Å². The average molecular weight is 411 g/mol. The Hall–Kier alpha value is -2.86. The maximum absolute atomic E-state index is 12.8. The normalized spacial score (nSPS) is 10.8. The average Bonchev–Trinajstić information content (AvgIpc) is 3.18. The van der Waals surface area contributed by atoms with E-state index in [0.29, 0.717) is 31.1 Å². The van der Waals surface area contributed by atoms with E-state index in [2.05, 4.69) is 4.98 Å². The molecule has 2 aromatic carbocycles. The molecule has 1 aromatic heterocycles. The zero-order valence-electron chi connectivity index (χ0n) is 17.0. The number of para-hydroxylation sites is 2. The first kappa shape index (κ1) is 20.9. The number of amides is 1. The Bertz CT molecular complexity index is 925. The van der Waals surface area contributed by atoms with Crippen molar-refractivity contribution in [3.63, 3.8) is 0 Å². The minimum absolute atomic E-state index is 0.0983. The van der Waals surface area contributed by atoms with Crippen LogP contribution >= 0.6 is 11.3 Å². The van der Waals surface area contributed by atoms with Crippen molar-refractivity contribution in [3.05, 3.63) is 76.2 Å². The van der Waals surface area contributed by atoms with Crippen molar-refractivity contribution >= 4 is 17.2 Å². The van der Waals surface area contributed by atoms with Crippen molar-refractivity contribution in [3.8, 4) is 11.5 Å². The highest BCUT2D eigenvalue weighted by molar-refractivity contribution is 7.09. The molecule has 152 valence electrons. The molecule has 0 aliphatic heterocycles. The molecule has 5 nitrogen and oxygen atoms in total. The minimum atomic E-state index is 0.0983. The highest BCUT2D eigenvalue weighted by atomic mass is 32.1. The van der Waals surface area contributed by atoms with Gasteiger partial charge >= 0.3 is 0 Å². The molecule has 0 aliphatic rings. The summed E-state index contributed by atoms with van der Waals surface area (Å²) in [7, 11) is 1.62. The lowest BCUT2D eigenvalue weighted by molar-refractivity contribution is -0.132. The van der Waals surface area contributed by atoms with Crippen LogP contribution in [0.2, 0.25) is 0 Å². The fourth-order valence-electron chi connectivity index (χ4n) is 2.97. The predicted molar refractivity (Wildman–Crippen MR) is 115 cm³/mol. The smallest absolute Gasteiger partial charge is 0.227 e. The summed E-state index contributed by atoms with van der Waals surface area (Å²) in [6, 6.07) is 17.5. The fourth-order valence-corrected chi connectivity index (χ4v) is 3.67. The van der Waals surface area contributed by atoms with Crippen LogP contribution in [0.25, 0.3) is 0 Å². The summed E-state index contributed by atoms with van der Waals surface area (Å²) < 4.78 is 11.2. The molecular weight excluding hydrogens is 384 g/mol. The third-order valence-electron chi connectivity index (χ3n) is 4.49. The molecule has 0 fully saturated rings. The van der Waals surface area contributed by atoms with Crippen LogP contribution in [0, 0.1) is 0 Å². The van der Waals surface area contributed by atoms with Crippen LogP contribution < -0.4 is 9.47 Å². The molecule has 0 bridgehead atoms. The van der Waals surface area contributed by atoms with Crippen LogP contribution in [0.5, 0.6) is 11.5 Å². The van der Waals surface area contributed by atoms with Crippen molar-refractivity contribution in [2.75, 3.05) is 7.11 Å². The SMILES string of the molecule is COc1ccccc1OCc1nc(CN(C(=O)Cc2ccccc2)C(C)C)cs1. The van der Waals surface area contributed by atoms with Crippen molar-refractivity contribution in [2.45, 2.75) is 39.5 Å². The fraction of sp³-hybridized carbons (Fsp3) is 0.304. The van der Waals surface area contributed by atoms with Crippen LogP contribution in [-0.2, 0) is 24.4 Å². The molecule has 0 N–H and O–H groups in total. The Kier molecular flexibility index (Phi) is 7.25. The maximum Gasteiger partial charge on any atom is 0.227 e. The van der Waals surface area contributed by atoms with Crippen LogP contribution in [0.1, 0.15) is 30.1 Å². The van der Waals surface area contributed by atoms with Gasteiger partial charge in [0, 0.05) is 11.4 Å². The van der Waals surface area contributed by atoms with Crippen LogP contribution in [0.15, 0.2) is 60.0 Å². The van der Waals surface area contributed by atoms with E-state index in [0.717, 1.165) is 16.3 Å². The first-order chi connectivity index (χ1) is 14.1. The number of hydrogen-bond donors (Lipinski definition) is 0. The van der Waals surface area contributed by atoms with Gasteiger partial charge in [-0.25, -0.2) is 4.98 Å². The lowest BCUT2D eigenvalue weighted by atomic mass is 10.1. The van der Waals surface area contributed by atoms with Crippen molar-refractivity contribution in [1.82, 2.24) is 9.88 Å². The second-order valence-corrected chi connectivity index (χ2v) is 7.89. The van der Waals surface area contributed by atoms with Gasteiger partial charge in [0.25, 0.3) is 0 Å². The van der Waals surface area contributed by atoms with Gasteiger partial charge in [-0.1, -0.05) is 42.5 Å². The lowest BCUT2D eigenvalue weighted by Crippen LogP contribution is -2.37. The van der Waals surface area contributed by atoms with Gasteiger partial charge in [-0.3, -0.25) is 4.79 Å². The summed E-state index contributed by atoms with van der Waals surface area (Å²) >= 11 is 1.54. The largest absolute Gasteiger partial charge is 0.493 e. The lowest BCUT2D eigenvalue weighted by Gasteiger charge is -2.26. The first-order valence-corrected chi connectivity index (χ1v) is 10.5. The summed E-state index contributed by atoms with van der Waals surface area (Å²) in [5, 5.41) is 2.86. The van der Waals surface area contributed by atoms with Crippen LogP contribution in [0.4, 0.5) is 0 Å². The molecule has 0 atom stereocenters. The number of rotatable bonds is 9. The first-order valence-electron chi connectivity index (χ1n) is 9.59. The highest BCUT2D eigenvalue weighted by Gasteiger charge is 2.19. The van der Waals surface area contributed by atoms with E-state index in [-0.39, 0.29) is 11.9 Å². The van der Waals surface area contributed by atoms with Crippen LogP contribution in [0.3, 0.4) is 0 Å². The van der Waals surface area contributed by atoms with E-state index in [9.17, 15) is 4.79 Å². The summed E-state index contributed by atoms with van der Waals surface area (Å²) in [4.78, 5) is 19.3.